The van der Waals surface area contributed by atoms with Gasteiger partial charge in [0.15, 0.2) is 29.6 Å². The van der Waals surface area contributed by atoms with E-state index in [1.165, 1.54) is 6.42 Å². The number of hydrogen-bond donors (Lipinski definition) is 1. The third-order valence-electron chi connectivity index (χ3n) is 4.86. The topological polar surface area (TPSA) is 66.0 Å². The van der Waals surface area contributed by atoms with Gasteiger partial charge in [-0.25, -0.2) is 0 Å². The highest BCUT2D eigenvalue weighted by Gasteiger charge is 2.42. The number of fused-ring (bicyclic) bond motifs is 1. The normalized spacial score (nSPS) is 16.8. The van der Waals surface area contributed by atoms with Crippen LogP contribution in [0.25, 0.3) is 0 Å². The van der Waals surface area contributed by atoms with E-state index in [9.17, 15) is 4.79 Å². The van der Waals surface area contributed by atoms with E-state index in [4.69, 9.17) is 18.9 Å². The fourth-order valence-corrected chi connectivity index (χ4v) is 3.54. The van der Waals surface area contributed by atoms with Crippen LogP contribution in [0.2, 0.25) is 0 Å². The van der Waals surface area contributed by atoms with Gasteiger partial charge in [-0.3, -0.25) is 4.79 Å². The fourth-order valence-electron chi connectivity index (χ4n) is 3.54. The average Bonchev–Trinajstić information content (AvgIpc) is 3.03. The Labute approximate surface area is 158 Å². The van der Waals surface area contributed by atoms with Gasteiger partial charge in [0.1, 0.15) is 0 Å². The number of carbonyl (C=O) groups is 1. The van der Waals surface area contributed by atoms with Gasteiger partial charge in [-0.2, -0.15) is 0 Å². The molecular formula is C21H23NO5. The molecule has 1 N–H and O–H groups in total. The summed E-state index contributed by atoms with van der Waals surface area (Å²) in [6, 6.07) is 12.7. The Bertz CT molecular complexity index is 829. The quantitative estimate of drug-likeness (QED) is 0.858. The summed E-state index contributed by atoms with van der Waals surface area (Å²) in [5.74, 6) is 1.76. The number of carbonyl (C=O) groups excluding carboxylic acids is 1. The van der Waals surface area contributed by atoms with Crippen molar-refractivity contribution in [3.05, 3.63) is 42.5 Å². The second kappa shape index (κ2) is 7.39. The van der Waals surface area contributed by atoms with Crippen LogP contribution in [0.1, 0.15) is 32.1 Å². The maximum Gasteiger partial charge on any atom is 0.262 e. The van der Waals surface area contributed by atoms with Crippen LogP contribution in [0.15, 0.2) is 42.5 Å². The van der Waals surface area contributed by atoms with Gasteiger partial charge < -0.3 is 24.3 Å². The predicted molar refractivity (Wildman–Crippen MR) is 101 cm³/mol. The number of rotatable bonds is 5. The number of nitrogens with one attached hydrogen (secondary N) is 1. The Kier molecular flexibility index (Phi) is 4.79. The van der Waals surface area contributed by atoms with Crippen molar-refractivity contribution in [2.24, 2.45) is 0 Å². The van der Waals surface area contributed by atoms with Crippen LogP contribution in [0.3, 0.4) is 0 Å². The van der Waals surface area contributed by atoms with Gasteiger partial charge >= 0.3 is 0 Å². The molecule has 1 aliphatic carbocycles. The summed E-state index contributed by atoms with van der Waals surface area (Å²) in [5.41, 5.74) is 0.652. The number of amides is 1. The minimum atomic E-state index is -0.518. The molecule has 1 spiro atoms. The molecule has 0 unspecified atom stereocenters. The van der Waals surface area contributed by atoms with Crippen LogP contribution in [0, 0.1) is 0 Å². The minimum absolute atomic E-state index is 0.112. The molecule has 1 fully saturated rings. The van der Waals surface area contributed by atoms with E-state index in [-0.39, 0.29) is 12.5 Å². The molecule has 1 amide bonds. The van der Waals surface area contributed by atoms with E-state index < -0.39 is 5.79 Å². The van der Waals surface area contributed by atoms with Crippen LogP contribution in [0.4, 0.5) is 5.69 Å². The van der Waals surface area contributed by atoms with Gasteiger partial charge in [-0.05, 0) is 37.1 Å². The standard InChI is InChI=1S/C21H23NO5/c1-24-16-7-3-4-8-17(16)25-14-20(23)22-15-9-10-18-19(13-15)27-21(26-18)11-5-2-6-12-21/h3-4,7-10,13H,2,5-6,11-12,14H2,1H3,(H,22,23). The summed E-state index contributed by atoms with van der Waals surface area (Å²) in [5, 5.41) is 2.83. The number of para-hydroxylation sites is 2. The first-order chi connectivity index (χ1) is 13.2. The summed E-state index contributed by atoms with van der Waals surface area (Å²) in [4.78, 5) is 12.2. The number of hydrogen-bond acceptors (Lipinski definition) is 5. The minimum Gasteiger partial charge on any atom is -0.493 e. The van der Waals surface area contributed by atoms with E-state index in [0.29, 0.717) is 22.9 Å². The van der Waals surface area contributed by atoms with E-state index in [2.05, 4.69) is 5.32 Å². The number of anilines is 1. The Morgan fingerprint density at radius 3 is 2.56 bits per heavy atom. The lowest BCUT2D eigenvalue weighted by Gasteiger charge is -2.31. The van der Waals surface area contributed by atoms with E-state index in [0.717, 1.165) is 31.4 Å². The van der Waals surface area contributed by atoms with Crippen LogP contribution in [-0.2, 0) is 4.79 Å². The molecule has 2 aromatic rings. The molecule has 0 aromatic heterocycles. The smallest absolute Gasteiger partial charge is 0.262 e. The van der Waals surface area contributed by atoms with Crippen LogP contribution in [0.5, 0.6) is 23.0 Å². The molecule has 0 atom stereocenters. The second-order valence-corrected chi connectivity index (χ2v) is 6.82. The van der Waals surface area contributed by atoms with Gasteiger partial charge in [0.05, 0.1) is 7.11 Å². The Morgan fingerprint density at radius 2 is 1.78 bits per heavy atom. The zero-order chi connectivity index (χ0) is 18.7. The third kappa shape index (κ3) is 3.79. The maximum atomic E-state index is 12.2. The van der Waals surface area contributed by atoms with Crippen LogP contribution < -0.4 is 24.3 Å². The van der Waals surface area contributed by atoms with Gasteiger partial charge in [0, 0.05) is 24.6 Å². The Morgan fingerprint density at radius 1 is 1.04 bits per heavy atom. The van der Waals surface area contributed by atoms with Crippen LogP contribution >= 0.6 is 0 Å². The Balaban J connectivity index is 1.37. The van der Waals surface area contributed by atoms with Gasteiger partial charge in [0.25, 0.3) is 11.7 Å². The molecular weight excluding hydrogens is 346 g/mol. The van der Waals surface area contributed by atoms with E-state index in [1.807, 2.05) is 24.3 Å². The monoisotopic (exact) mass is 369 g/mol. The molecule has 27 heavy (non-hydrogen) atoms. The molecule has 6 heteroatoms. The summed E-state index contributed by atoms with van der Waals surface area (Å²) >= 11 is 0. The molecule has 1 aliphatic heterocycles. The number of benzene rings is 2. The summed E-state index contributed by atoms with van der Waals surface area (Å²) in [7, 11) is 1.56. The van der Waals surface area contributed by atoms with E-state index >= 15 is 0 Å². The zero-order valence-corrected chi connectivity index (χ0v) is 15.3. The van der Waals surface area contributed by atoms with Crippen molar-refractivity contribution in [2.45, 2.75) is 37.9 Å². The molecule has 2 aromatic carbocycles. The molecule has 0 saturated heterocycles. The predicted octanol–water partition coefficient (Wildman–Crippen LogP) is 4.14. The van der Waals surface area contributed by atoms with Crippen molar-refractivity contribution in [1.29, 1.82) is 0 Å². The fraction of sp³-hybridized carbons (Fsp3) is 0.381. The van der Waals surface area contributed by atoms with Gasteiger partial charge in [0.2, 0.25) is 0 Å². The first kappa shape index (κ1) is 17.5. The second-order valence-electron chi connectivity index (χ2n) is 6.82. The number of ether oxygens (including phenoxy) is 4. The molecule has 1 heterocycles. The highest BCUT2D eigenvalue weighted by Crippen LogP contribution is 2.46. The summed E-state index contributed by atoms with van der Waals surface area (Å²) in [6.45, 7) is -0.112. The van der Waals surface area contributed by atoms with Gasteiger partial charge in [-0.15, -0.1) is 0 Å². The first-order valence-electron chi connectivity index (χ1n) is 9.25. The van der Waals surface area contributed by atoms with Gasteiger partial charge in [-0.1, -0.05) is 18.6 Å². The summed E-state index contributed by atoms with van der Waals surface area (Å²) in [6.07, 6.45) is 5.24. The van der Waals surface area contributed by atoms with Crippen molar-refractivity contribution in [3.8, 4) is 23.0 Å². The highest BCUT2D eigenvalue weighted by atomic mass is 16.7. The third-order valence-corrected chi connectivity index (χ3v) is 4.86. The largest absolute Gasteiger partial charge is 0.493 e. The summed E-state index contributed by atoms with van der Waals surface area (Å²) < 4.78 is 22.9. The van der Waals surface area contributed by atoms with Crippen molar-refractivity contribution in [1.82, 2.24) is 0 Å². The molecule has 0 radical (unpaired) electrons. The van der Waals surface area contributed by atoms with Crippen molar-refractivity contribution >= 4 is 11.6 Å². The van der Waals surface area contributed by atoms with Crippen molar-refractivity contribution in [2.75, 3.05) is 19.0 Å². The first-order valence-corrected chi connectivity index (χ1v) is 9.25. The van der Waals surface area contributed by atoms with E-state index in [1.54, 1.807) is 25.3 Å². The van der Waals surface area contributed by atoms with Crippen molar-refractivity contribution < 1.29 is 23.7 Å². The Hall–Kier alpha value is -2.89. The molecule has 142 valence electrons. The SMILES string of the molecule is COc1ccccc1OCC(=O)Nc1ccc2c(c1)OC1(CCCCC1)O2. The lowest BCUT2D eigenvalue weighted by atomic mass is 9.94. The average molecular weight is 369 g/mol. The maximum absolute atomic E-state index is 12.2. The zero-order valence-electron chi connectivity index (χ0n) is 15.3. The number of methoxy groups -OCH3 is 1. The molecule has 0 bridgehead atoms. The molecule has 2 aliphatic rings. The van der Waals surface area contributed by atoms with Crippen LogP contribution in [-0.4, -0.2) is 25.4 Å². The lowest BCUT2D eigenvalue weighted by molar-refractivity contribution is -0.118. The molecule has 4 rings (SSSR count). The molecule has 1 saturated carbocycles. The lowest BCUT2D eigenvalue weighted by Crippen LogP contribution is -2.40. The van der Waals surface area contributed by atoms with Crippen molar-refractivity contribution in [3.63, 3.8) is 0 Å². The molecule has 6 nitrogen and oxygen atoms in total. The highest BCUT2D eigenvalue weighted by molar-refractivity contribution is 5.92.